The van der Waals surface area contributed by atoms with Crippen LogP contribution in [0.1, 0.15) is 16.8 Å². The maximum absolute atomic E-state index is 12.7. The van der Waals surface area contributed by atoms with Gasteiger partial charge in [0.2, 0.25) is 0 Å². The summed E-state index contributed by atoms with van der Waals surface area (Å²) in [5, 5.41) is 3.19. The van der Waals surface area contributed by atoms with E-state index in [0.29, 0.717) is 30.2 Å². The number of nitrogens with two attached hydrogens (primary N) is 1. The van der Waals surface area contributed by atoms with Crippen LogP contribution in [-0.2, 0) is 0 Å². The van der Waals surface area contributed by atoms with Gasteiger partial charge in [0.15, 0.2) is 0 Å². The molecular formula is C17H22Cl2N4O2. The number of methoxy groups -OCH3 is 1. The molecule has 2 aromatic rings. The molecule has 8 heteroatoms. The molecular weight excluding hydrogens is 363 g/mol. The normalized spacial score (nSPS) is 15.8. The number of pyridine rings is 1. The highest BCUT2D eigenvalue weighted by atomic mass is 35.5. The smallest absolute Gasteiger partial charge is 0.257 e. The molecule has 1 aromatic carbocycles. The molecule has 1 atom stereocenters. The number of nitrogens with one attached hydrogen (secondary N) is 1. The van der Waals surface area contributed by atoms with E-state index in [4.69, 9.17) is 10.5 Å². The Morgan fingerprint density at radius 3 is 2.72 bits per heavy atom. The summed E-state index contributed by atoms with van der Waals surface area (Å²) >= 11 is 0. The van der Waals surface area contributed by atoms with Crippen LogP contribution in [0, 0.1) is 0 Å². The Hall–Kier alpha value is -2.02. The van der Waals surface area contributed by atoms with Crippen molar-refractivity contribution in [2.45, 2.75) is 12.5 Å². The van der Waals surface area contributed by atoms with Gasteiger partial charge < -0.3 is 20.7 Å². The number of likely N-dealkylation sites (tertiary alicyclic amines) is 1. The molecule has 136 valence electrons. The summed E-state index contributed by atoms with van der Waals surface area (Å²) in [5.74, 6) is 1.16. The van der Waals surface area contributed by atoms with Gasteiger partial charge in [0.05, 0.1) is 18.4 Å². The molecule has 0 radical (unpaired) electrons. The maximum atomic E-state index is 12.7. The average Bonchev–Trinajstić information content (AvgIpc) is 3.02. The predicted octanol–water partition coefficient (Wildman–Crippen LogP) is 2.85. The highest BCUT2D eigenvalue weighted by molar-refractivity contribution is 5.99. The Bertz CT molecular complexity index is 715. The lowest BCUT2D eigenvalue weighted by Gasteiger charge is -2.18. The highest BCUT2D eigenvalue weighted by Gasteiger charge is 2.26. The largest absolute Gasteiger partial charge is 0.495 e. The Morgan fingerprint density at radius 2 is 2.04 bits per heavy atom. The summed E-state index contributed by atoms with van der Waals surface area (Å²) < 4.78 is 5.33. The number of carbonyl (C=O) groups is 1. The maximum Gasteiger partial charge on any atom is 0.257 e. The van der Waals surface area contributed by atoms with Crippen LogP contribution >= 0.6 is 24.8 Å². The zero-order valence-corrected chi connectivity index (χ0v) is 15.5. The third-order valence-electron chi connectivity index (χ3n) is 3.91. The molecule has 3 N–H and O–H groups in total. The molecule has 1 aliphatic heterocycles. The van der Waals surface area contributed by atoms with Crippen LogP contribution in [0.5, 0.6) is 5.75 Å². The number of ether oxygens (including phenoxy) is 1. The third kappa shape index (κ3) is 4.75. The SMILES string of the molecule is COc1ccccc1Nc1ncccc1C(=O)N1CC[C@@H](N)C1.Cl.Cl. The molecule has 1 aromatic heterocycles. The number of carbonyl (C=O) groups excluding carboxylic acids is 1. The number of nitrogens with zero attached hydrogens (tertiary/aromatic N) is 2. The molecule has 1 saturated heterocycles. The minimum atomic E-state index is -0.0524. The number of hydrogen-bond donors (Lipinski definition) is 2. The first-order valence-corrected chi connectivity index (χ1v) is 7.59. The number of halogens is 2. The number of anilines is 2. The number of para-hydroxylation sites is 2. The predicted molar refractivity (Wildman–Crippen MR) is 104 cm³/mol. The zero-order valence-electron chi connectivity index (χ0n) is 13.8. The lowest BCUT2D eigenvalue weighted by molar-refractivity contribution is 0.0791. The van der Waals surface area contributed by atoms with Crippen LogP contribution in [-0.4, -0.2) is 42.0 Å². The van der Waals surface area contributed by atoms with Gasteiger partial charge in [0.25, 0.3) is 5.91 Å². The van der Waals surface area contributed by atoms with Crippen LogP contribution in [0.3, 0.4) is 0 Å². The molecule has 2 heterocycles. The second kappa shape index (κ2) is 9.46. The first kappa shape index (κ1) is 21.0. The molecule has 3 rings (SSSR count). The van der Waals surface area contributed by atoms with Crippen LogP contribution < -0.4 is 15.8 Å². The zero-order chi connectivity index (χ0) is 16.2. The summed E-state index contributed by atoms with van der Waals surface area (Å²) in [6.07, 6.45) is 2.49. The van der Waals surface area contributed by atoms with E-state index in [2.05, 4.69) is 10.3 Å². The number of rotatable bonds is 4. The van der Waals surface area contributed by atoms with Gasteiger partial charge in [-0.05, 0) is 30.7 Å². The Kier molecular flexibility index (Phi) is 7.96. The fourth-order valence-corrected chi connectivity index (χ4v) is 2.70. The van der Waals surface area contributed by atoms with E-state index in [1.807, 2.05) is 24.3 Å². The lowest BCUT2D eigenvalue weighted by Crippen LogP contribution is -2.32. The monoisotopic (exact) mass is 384 g/mol. The van der Waals surface area contributed by atoms with Gasteiger partial charge >= 0.3 is 0 Å². The number of aromatic nitrogens is 1. The van der Waals surface area contributed by atoms with Gasteiger partial charge in [-0.3, -0.25) is 4.79 Å². The molecule has 6 nitrogen and oxygen atoms in total. The second-order valence-corrected chi connectivity index (χ2v) is 5.52. The molecule has 1 aliphatic rings. The average molecular weight is 385 g/mol. The van der Waals surface area contributed by atoms with E-state index < -0.39 is 0 Å². The van der Waals surface area contributed by atoms with Crippen molar-refractivity contribution in [3.8, 4) is 5.75 Å². The van der Waals surface area contributed by atoms with Crippen molar-refractivity contribution in [2.24, 2.45) is 5.73 Å². The third-order valence-corrected chi connectivity index (χ3v) is 3.91. The minimum Gasteiger partial charge on any atom is -0.495 e. The molecule has 25 heavy (non-hydrogen) atoms. The van der Waals surface area contributed by atoms with Gasteiger partial charge in [-0.25, -0.2) is 4.98 Å². The minimum absolute atomic E-state index is 0. The van der Waals surface area contributed by atoms with E-state index in [1.165, 1.54) is 0 Å². The van der Waals surface area contributed by atoms with Gasteiger partial charge in [-0.2, -0.15) is 0 Å². The van der Waals surface area contributed by atoms with Gasteiger partial charge in [0, 0.05) is 25.3 Å². The summed E-state index contributed by atoms with van der Waals surface area (Å²) in [6.45, 7) is 1.27. The van der Waals surface area contributed by atoms with E-state index in [-0.39, 0.29) is 36.8 Å². The Balaban J connectivity index is 0.00000156. The van der Waals surface area contributed by atoms with E-state index >= 15 is 0 Å². The topological polar surface area (TPSA) is 80.5 Å². The van der Waals surface area contributed by atoms with E-state index in [1.54, 1.807) is 30.3 Å². The van der Waals surface area contributed by atoms with E-state index in [9.17, 15) is 4.79 Å². The molecule has 0 spiro atoms. The summed E-state index contributed by atoms with van der Waals surface area (Å²) in [6, 6.07) is 11.1. The summed E-state index contributed by atoms with van der Waals surface area (Å²) in [5.41, 5.74) is 7.20. The lowest BCUT2D eigenvalue weighted by atomic mass is 10.2. The van der Waals surface area contributed by atoms with Crippen LogP contribution in [0.2, 0.25) is 0 Å². The summed E-state index contributed by atoms with van der Waals surface area (Å²) in [7, 11) is 1.61. The van der Waals surface area contributed by atoms with Crippen molar-refractivity contribution in [3.63, 3.8) is 0 Å². The molecule has 0 bridgehead atoms. The van der Waals surface area contributed by atoms with Gasteiger partial charge in [-0.1, -0.05) is 12.1 Å². The van der Waals surface area contributed by atoms with Crippen molar-refractivity contribution in [2.75, 3.05) is 25.5 Å². The van der Waals surface area contributed by atoms with Gasteiger partial charge in [0.1, 0.15) is 11.6 Å². The molecule has 0 aliphatic carbocycles. The first-order chi connectivity index (χ1) is 11.2. The Labute approximate surface area is 159 Å². The summed E-state index contributed by atoms with van der Waals surface area (Å²) in [4.78, 5) is 18.8. The quantitative estimate of drug-likeness (QED) is 0.846. The van der Waals surface area contributed by atoms with Crippen LogP contribution in [0.4, 0.5) is 11.5 Å². The van der Waals surface area contributed by atoms with Crippen molar-refractivity contribution >= 4 is 42.2 Å². The first-order valence-electron chi connectivity index (χ1n) is 7.59. The fraction of sp³-hybridized carbons (Fsp3) is 0.294. The highest BCUT2D eigenvalue weighted by Crippen LogP contribution is 2.28. The second-order valence-electron chi connectivity index (χ2n) is 5.52. The Morgan fingerprint density at radius 1 is 1.28 bits per heavy atom. The van der Waals surface area contributed by atoms with Crippen LogP contribution in [0.15, 0.2) is 42.6 Å². The van der Waals surface area contributed by atoms with Crippen LogP contribution in [0.25, 0.3) is 0 Å². The molecule has 0 saturated carbocycles. The fourth-order valence-electron chi connectivity index (χ4n) is 2.70. The number of benzene rings is 1. The number of hydrogen-bond acceptors (Lipinski definition) is 5. The van der Waals surface area contributed by atoms with Crippen molar-refractivity contribution in [1.29, 1.82) is 0 Å². The molecule has 1 fully saturated rings. The molecule has 1 amide bonds. The molecule has 0 unspecified atom stereocenters. The number of amides is 1. The van der Waals surface area contributed by atoms with Crippen molar-refractivity contribution in [3.05, 3.63) is 48.2 Å². The van der Waals surface area contributed by atoms with Crippen molar-refractivity contribution in [1.82, 2.24) is 9.88 Å². The van der Waals surface area contributed by atoms with Gasteiger partial charge in [-0.15, -0.1) is 24.8 Å². The van der Waals surface area contributed by atoms with Crippen molar-refractivity contribution < 1.29 is 9.53 Å². The standard InChI is InChI=1S/C17H20N4O2.2ClH/c1-23-15-7-3-2-6-14(15)20-16-13(5-4-9-19-16)17(22)21-10-8-12(18)11-21;;/h2-7,9,12H,8,10-11,18H2,1H3,(H,19,20);2*1H/t12-;;/m1../s1. The van der Waals surface area contributed by atoms with E-state index in [0.717, 1.165) is 12.1 Å².